The Hall–Kier alpha value is -1.98. The third kappa shape index (κ3) is 5.87. The zero-order valence-corrected chi connectivity index (χ0v) is 19.7. The number of hydrogen-bond donors (Lipinski definition) is 2. The van der Waals surface area contributed by atoms with Crippen LogP contribution < -0.4 is 15.4 Å². The summed E-state index contributed by atoms with van der Waals surface area (Å²) in [7, 11) is -3.90. The molecule has 2 aliphatic rings. The molecule has 0 saturated carbocycles. The van der Waals surface area contributed by atoms with Crippen molar-refractivity contribution >= 4 is 33.0 Å². The highest BCUT2D eigenvalue weighted by molar-refractivity contribution is 7.89. The molecule has 2 fully saturated rings. The number of nitrogens with zero attached hydrogens (tertiary/aromatic N) is 2. The summed E-state index contributed by atoms with van der Waals surface area (Å²) in [6, 6.07) is 8.76. The molecule has 0 atom stereocenters. The van der Waals surface area contributed by atoms with Crippen LogP contribution in [0.5, 0.6) is 0 Å². The number of carbonyl (C=O) groups excluding carboxylic acids is 1. The van der Waals surface area contributed by atoms with Gasteiger partial charge in [-0.3, -0.25) is 9.69 Å². The zero-order chi connectivity index (χ0) is 22.6. The van der Waals surface area contributed by atoms with Gasteiger partial charge < -0.3 is 15.0 Å². The highest BCUT2D eigenvalue weighted by Gasteiger charge is 2.24. The summed E-state index contributed by atoms with van der Waals surface area (Å²) >= 11 is 1.78. The van der Waals surface area contributed by atoms with Crippen molar-refractivity contribution in [1.82, 2.24) is 10.2 Å². The number of morpholine rings is 1. The number of nitrogens with one attached hydrogen (secondary N) is 1. The first kappa shape index (κ1) is 23.2. The Morgan fingerprint density at radius 1 is 1.16 bits per heavy atom. The van der Waals surface area contributed by atoms with Gasteiger partial charge in [0.05, 0.1) is 23.7 Å². The van der Waals surface area contributed by atoms with Crippen molar-refractivity contribution in [1.29, 1.82) is 0 Å². The summed E-state index contributed by atoms with van der Waals surface area (Å²) in [6.45, 7) is 6.03. The molecule has 174 valence electrons. The molecule has 2 aliphatic heterocycles. The summed E-state index contributed by atoms with van der Waals surface area (Å²) < 4.78 is 29.1. The van der Waals surface area contributed by atoms with E-state index in [9.17, 15) is 13.2 Å². The first-order valence-corrected chi connectivity index (χ1v) is 13.4. The van der Waals surface area contributed by atoms with Crippen LogP contribution in [-0.2, 0) is 21.3 Å². The standard InChI is InChI=1S/C22H30N4O4S2/c23-32(28,29)19-3-4-21(26-9-11-30-12-10-26)20(14-19)22(27)24-15-17-5-7-25(8-6-17)16-18-2-1-13-31-18/h1-4,13-14,17H,5-12,15-16H2,(H,24,27)(H2,23,28,29). The number of carbonyl (C=O) groups is 1. The topological polar surface area (TPSA) is 105 Å². The maximum absolute atomic E-state index is 13.1. The third-order valence-electron chi connectivity index (χ3n) is 6.11. The number of likely N-dealkylation sites (tertiary alicyclic amines) is 1. The molecule has 10 heteroatoms. The Morgan fingerprint density at radius 3 is 2.56 bits per heavy atom. The zero-order valence-electron chi connectivity index (χ0n) is 18.0. The van der Waals surface area contributed by atoms with Crippen LogP contribution in [0.25, 0.3) is 0 Å². The molecular formula is C22H30N4O4S2. The maximum atomic E-state index is 13.1. The van der Waals surface area contributed by atoms with Gasteiger partial charge in [-0.2, -0.15) is 0 Å². The average molecular weight is 479 g/mol. The van der Waals surface area contributed by atoms with Crippen LogP contribution in [0.2, 0.25) is 0 Å². The van der Waals surface area contributed by atoms with E-state index in [1.54, 1.807) is 17.4 Å². The maximum Gasteiger partial charge on any atom is 0.253 e. The number of nitrogens with two attached hydrogens (primary N) is 1. The van der Waals surface area contributed by atoms with Gasteiger partial charge >= 0.3 is 0 Å². The largest absolute Gasteiger partial charge is 0.378 e. The number of sulfonamides is 1. The fourth-order valence-electron chi connectivity index (χ4n) is 4.26. The molecule has 3 heterocycles. The molecule has 32 heavy (non-hydrogen) atoms. The van der Waals surface area contributed by atoms with Gasteiger partial charge in [-0.15, -0.1) is 11.3 Å². The molecule has 1 amide bonds. The number of thiophene rings is 1. The van der Waals surface area contributed by atoms with Gasteiger partial charge in [0.25, 0.3) is 5.91 Å². The van der Waals surface area contributed by atoms with Crippen LogP contribution in [0, 0.1) is 5.92 Å². The monoisotopic (exact) mass is 478 g/mol. The number of rotatable bonds is 7. The Morgan fingerprint density at radius 2 is 1.91 bits per heavy atom. The number of anilines is 1. The molecular weight excluding hydrogens is 448 g/mol. The van der Waals surface area contributed by atoms with Gasteiger partial charge in [-0.25, -0.2) is 13.6 Å². The number of benzene rings is 1. The molecule has 0 radical (unpaired) electrons. The van der Waals surface area contributed by atoms with E-state index in [2.05, 4.69) is 27.7 Å². The predicted molar refractivity (Wildman–Crippen MR) is 126 cm³/mol. The van der Waals surface area contributed by atoms with Crippen LogP contribution in [0.15, 0.2) is 40.6 Å². The fourth-order valence-corrected chi connectivity index (χ4v) is 5.54. The first-order chi connectivity index (χ1) is 15.4. The van der Waals surface area contributed by atoms with E-state index in [1.165, 1.54) is 17.0 Å². The van der Waals surface area contributed by atoms with Gasteiger partial charge in [0.2, 0.25) is 10.0 Å². The molecule has 0 spiro atoms. The van der Waals surface area contributed by atoms with Crippen LogP contribution in [0.4, 0.5) is 5.69 Å². The van der Waals surface area contributed by atoms with E-state index < -0.39 is 10.0 Å². The lowest BCUT2D eigenvalue weighted by molar-refractivity contribution is 0.0933. The quantitative estimate of drug-likeness (QED) is 0.630. The van der Waals surface area contributed by atoms with E-state index in [0.717, 1.165) is 32.5 Å². The smallest absolute Gasteiger partial charge is 0.253 e. The first-order valence-electron chi connectivity index (χ1n) is 10.9. The molecule has 3 N–H and O–H groups in total. The summed E-state index contributed by atoms with van der Waals surface area (Å²) in [4.78, 5) is 18.9. The normalized spacial score (nSPS) is 18.6. The van der Waals surface area contributed by atoms with Gasteiger partial charge in [-0.05, 0) is 61.5 Å². The van der Waals surface area contributed by atoms with E-state index in [4.69, 9.17) is 9.88 Å². The average Bonchev–Trinajstić information content (AvgIpc) is 3.31. The van der Waals surface area contributed by atoms with E-state index in [-0.39, 0.29) is 10.8 Å². The molecule has 8 nitrogen and oxygen atoms in total. The lowest BCUT2D eigenvalue weighted by atomic mass is 9.96. The summed E-state index contributed by atoms with van der Waals surface area (Å²) in [5.41, 5.74) is 1.05. The van der Waals surface area contributed by atoms with Gasteiger partial charge in [0.1, 0.15) is 0 Å². The van der Waals surface area contributed by atoms with Crippen LogP contribution in [0.1, 0.15) is 28.1 Å². The van der Waals surface area contributed by atoms with Crippen LogP contribution >= 0.6 is 11.3 Å². The van der Waals surface area contributed by atoms with Gasteiger partial charge in [0.15, 0.2) is 0 Å². The second-order valence-corrected chi connectivity index (χ2v) is 10.9. The van der Waals surface area contributed by atoms with Crippen molar-refractivity contribution in [2.24, 2.45) is 11.1 Å². The minimum absolute atomic E-state index is 0.0541. The van der Waals surface area contributed by atoms with Gasteiger partial charge in [0, 0.05) is 36.7 Å². The Balaban J connectivity index is 1.38. The van der Waals surface area contributed by atoms with Crippen molar-refractivity contribution in [3.8, 4) is 0 Å². The second-order valence-electron chi connectivity index (χ2n) is 8.33. The van der Waals surface area contributed by atoms with Crippen molar-refractivity contribution < 1.29 is 17.9 Å². The predicted octanol–water partition coefficient (Wildman–Crippen LogP) is 1.87. The minimum Gasteiger partial charge on any atom is -0.378 e. The molecule has 1 aromatic heterocycles. The molecule has 0 bridgehead atoms. The fraction of sp³-hybridized carbons (Fsp3) is 0.500. The highest BCUT2D eigenvalue weighted by atomic mass is 32.2. The van der Waals surface area contributed by atoms with Crippen molar-refractivity contribution in [3.05, 3.63) is 46.2 Å². The molecule has 4 rings (SSSR count). The Kier molecular flexibility index (Phi) is 7.47. The number of hydrogen-bond acceptors (Lipinski definition) is 7. The van der Waals surface area contributed by atoms with Gasteiger partial charge in [-0.1, -0.05) is 6.07 Å². The van der Waals surface area contributed by atoms with E-state index in [0.29, 0.717) is 50.0 Å². The number of amides is 1. The van der Waals surface area contributed by atoms with E-state index >= 15 is 0 Å². The summed E-state index contributed by atoms with van der Waals surface area (Å²) in [5, 5.41) is 10.5. The number of primary sulfonamides is 1. The lowest BCUT2D eigenvalue weighted by Crippen LogP contribution is -2.40. The number of ether oxygens (including phenoxy) is 1. The molecule has 2 aromatic rings. The molecule has 0 unspecified atom stereocenters. The van der Waals surface area contributed by atoms with Crippen LogP contribution in [0.3, 0.4) is 0 Å². The lowest BCUT2D eigenvalue weighted by Gasteiger charge is -2.32. The van der Waals surface area contributed by atoms with Crippen LogP contribution in [-0.4, -0.2) is 65.2 Å². The van der Waals surface area contributed by atoms with Crippen molar-refractivity contribution in [2.75, 3.05) is 50.8 Å². The van der Waals surface area contributed by atoms with Crippen molar-refractivity contribution in [3.63, 3.8) is 0 Å². The highest BCUT2D eigenvalue weighted by Crippen LogP contribution is 2.25. The Bertz CT molecular complexity index is 1010. The molecule has 2 saturated heterocycles. The Labute approximate surface area is 193 Å². The van der Waals surface area contributed by atoms with E-state index in [1.807, 2.05) is 4.90 Å². The minimum atomic E-state index is -3.90. The summed E-state index contributed by atoms with van der Waals surface area (Å²) in [5.74, 6) is 0.143. The number of piperidine rings is 1. The summed E-state index contributed by atoms with van der Waals surface area (Å²) in [6.07, 6.45) is 2.05. The third-order valence-corrected chi connectivity index (χ3v) is 7.88. The SMILES string of the molecule is NS(=O)(=O)c1ccc(N2CCOCC2)c(C(=O)NCC2CCN(Cc3cccs3)CC2)c1. The van der Waals surface area contributed by atoms with Crippen molar-refractivity contribution in [2.45, 2.75) is 24.3 Å². The second kappa shape index (κ2) is 10.3. The molecule has 1 aromatic carbocycles. The molecule has 0 aliphatic carbocycles.